The molecule has 3 aromatic heterocycles. The Morgan fingerprint density at radius 2 is 1.36 bits per heavy atom. The number of aryl methyl sites for hydroxylation is 1. The predicted octanol–water partition coefficient (Wildman–Crippen LogP) is 1.86. The Kier molecular flexibility index (Phi) is 5.29. The molecule has 3 aromatic rings. The SMILES string of the molecule is Cc1nnc(N/N=C\c2ccncc2)nc1N/N=C\c1ccncc1. The maximum absolute atomic E-state index is 4.29. The fourth-order valence-corrected chi connectivity index (χ4v) is 1.76. The van der Waals surface area contributed by atoms with Gasteiger partial charge in [0.2, 0.25) is 0 Å². The van der Waals surface area contributed by atoms with Crippen LogP contribution in [0.25, 0.3) is 0 Å². The molecule has 0 saturated heterocycles. The van der Waals surface area contributed by atoms with E-state index < -0.39 is 0 Å². The van der Waals surface area contributed by atoms with Gasteiger partial charge >= 0.3 is 0 Å². The Morgan fingerprint density at radius 1 is 0.800 bits per heavy atom. The normalized spacial score (nSPS) is 11.1. The van der Waals surface area contributed by atoms with Gasteiger partial charge in [0.05, 0.1) is 12.4 Å². The van der Waals surface area contributed by atoms with Crippen molar-refractivity contribution in [1.82, 2.24) is 25.1 Å². The van der Waals surface area contributed by atoms with Crippen LogP contribution in [0.2, 0.25) is 0 Å². The Balaban J connectivity index is 1.64. The molecule has 0 aliphatic rings. The molecule has 0 amide bonds. The van der Waals surface area contributed by atoms with E-state index in [1.54, 1.807) is 44.1 Å². The number of aromatic nitrogens is 5. The summed E-state index contributed by atoms with van der Waals surface area (Å²) in [6.45, 7) is 1.79. The van der Waals surface area contributed by atoms with E-state index in [1.165, 1.54) is 0 Å². The lowest BCUT2D eigenvalue weighted by Gasteiger charge is -2.04. The number of hydrogen-bond acceptors (Lipinski definition) is 9. The van der Waals surface area contributed by atoms with Crippen LogP contribution in [-0.4, -0.2) is 37.6 Å². The van der Waals surface area contributed by atoms with E-state index in [-0.39, 0.29) is 5.95 Å². The molecule has 0 saturated carbocycles. The van der Waals surface area contributed by atoms with Crippen molar-refractivity contribution in [2.75, 3.05) is 10.9 Å². The number of pyridine rings is 2. The maximum Gasteiger partial charge on any atom is 0.265 e. The van der Waals surface area contributed by atoms with Gasteiger partial charge in [0.15, 0.2) is 5.82 Å². The topological polar surface area (TPSA) is 113 Å². The minimum Gasteiger partial charge on any atom is -0.265 e. The third-order valence-electron chi connectivity index (χ3n) is 3.03. The standard InChI is InChI=1S/C16H15N9/c1-12-15(23-19-10-13-2-6-17-7-3-13)21-16(25-22-12)24-20-11-14-4-8-18-9-5-14/h2-11H,1H3,(H2,21,23,24,25)/b19-10-,20-11-. The van der Waals surface area contributed by atoms with Crippen LogP contribution >= 0.6 is 0 Å². The average Bonchev–Trinajstić information content (AvgIpc) is 2.66. The zero-order valence-electron chi connectivity index (χ0n) is 13.4. The molecule has 25 heavy (non-hydrogen) atoms. The second-order valence-corrected chi connectivity index (χ2v) is 4.87. The summed E-state index contributed by atoms with van der Waals surface area (Å²) in [6.07, 6.45) is 10.1. The third kappa shape index (κ3) is 4.86. The molecular weight excluding hydrogens is 318 g/mol. The molecule has 0 fully saturated rings. The fourth-order valence-electron chi connectivity index (χ4n) is 1.76. The van der Waals surface area contributed by atoms with Gasteiger partial charge in [0, 0.05) is 24.8 Å². The van der Waals surface area contributed by atoms with Crippen molar-refractivity contribution < 1.29 is 0 Å². The van der Waals surface area contributed by atoms with Crippen molar-refractivity contribution in [3.8, 4) is 0 Å². The van der Waals surface area contributed by atoms with Gasteiger partial charge in [0.25, 0.3) is 5.95 Å². The summed E-state index contributed by atoms with van der Waals surface area (Å²) in [6, 6.07) is 7.36. The van der Waals surface area contributed by atoms with Crippen LogP contribution < -0.4 is 10.9 Å². The molecule has 3 heterocycles. The fraction of sp³-hybridized carbons (Fsp3) is 0.0625. The van der Waals surface area contributed by atoms with E-state index in [0.717, 1.165) is 11.1 Å². The van der Waals surface area contributed by atoms with Crippen molar-refractivity contribution >= 4 is 24.2 Å². The average molecular weight is 333 g/mol. The predicted molar refractivity (Wildman–Crippen MR) is 95.5 cm³/mol. The molecule has 3 rings (SSSR count). The molecule has 0 unspecified atom stereocenters. The van der Waals surface area contributed by atoms with Gasteiger partial charge in [-0.2, -0.15) is 15.2 Å². The molecule has 124 valence electrons. The Hall–Kier alpha value is -3.75. The van der Waals surface area contributed by atoms with E-state index in [4.69, 9.17) is 0 Å². The molecule has 9 heteroatoms. The first-order valence-corrected chi connectivity index (χ1v) is 7.41. The first-order chi connectivity index (χ1) is 12.3. The molecule has 0 aliphatic heterocycles. The molecule has 0 aromatic carbocycles. The molecule has 0 atom stereocenters. The van der Waals surface area contributed by atoms with Crippen molar-refractivity contribution in [2.45, 2.75) is 6.92 Å². The highest BCUT2D eigenvalue weighted by molar-refractivity contribution is 5.80. The number of anilines is 2. The Labute approximate surface area is 144 Å². The van der Waals surface area contributed by atoms with E-state index >= 15 is 0 Å². The van der Waals surface area contributed by atoms with Crippen LogP contribution in [0.1, 0.15) is 16.8 Å². The smallest absolute Gasteiger partial charge is 0.265 e. The largest absolute Gasteiger partial charge is 0.265 e. The Morgan fingerprint density at radius 3 is 1.96 bits per heavy atom. The number of rotatable bonds is 6. The lowest BCUT2D eigenvalue weighted by molar-refractivity contribution is 0.922. The zero-order valence-corrected chi connectivity index (χ0v) is 13.4. The summed E-state index contributed by atoms with van der Waals surface area (Å²) in [7, 11) is 0. The van der Waals surface area contributed by atoms with Crippen molar-refractivity contribution in [3.63, 3.8) is 0 Å². The van der Waals surface area contributed by atoms with Crippen molar-refractivity contribution in [2.24, 2.45) is 10.2 Å². The lowest BCUT2D eigenvalue weighted by Crippen LogP contribution is -2.05. The van der Waals surface area contributed by atoms with Gasteiger partial charge in [0.1, 0.15) is 5.69 Å². The lowest BCUT2D eigenvalue weighted by atomic mass is 10.3. The first kappa shape index (κ1) is 16.1. The van der Waals surface area contributed by atoms with Gasteiger partial charge in [-0.3, -0.25) is 15.4 Å². The first-order valence-electron chi connectivity index (χ1n) is 7.41. The molecule has 0 bridgehead atoms. The molecule has 0 spiro atoms. The van der Waals surface area contributed by atoms with Gasteiger partial charge in [-0.1, -0.05) is 0 Å². The Bertz CT molecular complexity index is 863. The number of hydrazone groups is 2. The van der Waals surface area contributed by atoms with E-state index in [0.29, 0.717) is 11.5 Å². The molecular formula is C16H15N9. The van der Waals surface area contributed by atoms with E-state index in [1.807, 2.05) is 24.3 Å². The second-order valence-electron chi connectivity index (χ2n) is 4.87. The summed E-state index contributed by atoms with van der Waals surface area (Å²) in [5.41, 5.74) is 8.02. The van der Waals surface area contributed by atoms with Crippen molar-refractivity contribution in [3.05, 3.63) is 65.9 Å². The highest BCUT2D eigenvalue weighted by Gasteiger charge is 2.03. The van der Waals surface area contributed by atoms with Gasteiger partial charge in [-0.05, 0) is 42.3 Å². The van der Waals surface area contributed by atoms with E-state index in [2.05, 4.69) is 46.2 Å². The highest BCUT2D eigenvalue weighted by atomic mass is 15.4. The maximum atomic E-state index is 4.29. The zero-order chi connectivity index (χ0) is 17.3. The molecule has 0 radical (unpaired) electrons. The van der Waals surface area contributed by atoms with Crippen LogP contribution in [0.3, 0.4) is 0 Å². The highest BCUT2D eigenvalue weighted by Crippen LogP contribution is 2.09. The summed E-state index contributed by atoms with van der Waals surface area (Å²) in [5.74, 6) is 0.749. The van der Waals surface area contributed by atoms with Crippen LogP contribution in [-0.2, 0) is 0 Å². The minimum absolute atomic E-state index is 0.262. The van der Waals surface area contributed by atoms with Crippen LogP contribution in [0.15, 0.2) is 59.3 Å². The van der Waals surface area contributed by atoms with Crippen LogP contribution in [0.5, 0.6) is 0 Å². The number of hydrogen-bond donors (Lipinski definition) is 2. The number of nitrogens with one attached hydrogen (secondary N) is 2. The molecule has 2 N–H and O–H groups in total. The summed E-state index contributed by atoms with van der Waals surface area (Å²) >= 11 is 0. The van der Waals surface area contributed by atoms with Gasteiger partial charge in [-0.25, -0.2) is 5.43 Å². The summed E-state index contributed by atoms with van der Waals surface area (Å²) < 4.78 is 0. The minimum atomic E-state index is 0.262. The summed E-state index contributed by atoms with van der Waals surface area (Å²) in [5, 5.41) is 16.2. The second kappa shape index (κ2) is 8.20. The van der Waals surface area contributed by atoms with Gasteiger partial charge < -0.3 is 0 Å². The van der Waals surface area contributed by atoms with E-state index in [9.17, 15) is 0 Å². The molecule has 9 nitrogen and oxygen atoms in total. The third-order valence-corrected chi connectivity index (χ3v) is 3.03. The molecule has 0 aliphatic carbocycles. The monoisotopic (exact) mass is 333 g/mol. The van der Waals surface area contributed by atoms with Crippen molar-refractivity contribution in [1.29, 1.82) is 0 Å². The number of nitrogens with zero attached hydrogens (tertiary/aromatic N) is 7. The summed E-state index contributed by atoms with van der Waals surface area (Å²) in [4.78, 5) is 12.2. The van der Waals surface area contributed by atoms with Crippen LogP contribution in [0.4, 0.5) is 11.8 Å². The van der Waals surface area contributed by atoms with Gasteiger partial charge in [-0.15, -0.1) is 10.2 Å². The quantitative estimate of drug-likeness (QED) is 0.523. The van der Waals surface area contributed by atoms with Crippen LogP contribution in [0, 0.1) is 6.92 Å².